The second kappa shape index (κ2) is 12.3. The molecule has 5 aromatic rings. The van der Waals surface area contributed by atoms with E-state index in [4.69, 9.17) is 16.3 Å². The Morgan fingerprint density at radius 3 is 2.75 bits per heavy atom. The van der Waals surface area contributed by atoms with Crippen molar-refractivity contribution in [3.05, 3.63) is 101 Å². The summed E-state index contributed by atoms with van der Waals surface area (Å²) in [6.07, 6.45) is 4.83. The highest BCUT2D eigenvalue weighted by atomic mass is 35.5. The summed E-state index contributed by atoms with van der Waals surface area (Å²) < 4.78 is 30.4. The van der Waals surface area contributed by atoms with Gasteiger partial charge in [-0.25, -0.2) is 14.4 Å². The Labute approximate surface area is 237 Å². The van der Waals surface area contributed by atoms with Crippen molar-refractivity contribution in [3.63, 3.8) is 0 Å². The SMILES string of the molecule is CS(=O)CCNC(=O)c1cc(-c2ccc3ncnc(Nc4ccc(OCc5cccc(F)c5)c(Cl)c4)c3c2)c[nH]1. The number of nitrogens with zero attached hydrogens (tertiary/aromatic N) is 2. The predicted molar refractivity (Wildman–Crippen MR) is 156 cm³/mol. The number of fused-ring (bicyclic) bond motifs is 1. The first-order valence-corrected chi connectivity index (χ1v) is 14.4. The Bertz CT molecular complexity index is 1710. The zero-order chi connectivity index (χ0) is 28.1. The number of halogens is 2. The third-order valence-corrected chi connectivity index (χ3v) is 7.12. The van der Waals surface area contributed by atoms with Crippen LogP contribution in [-0.4, -0.2) is 43.6 Å². The molecule has 0 bridgehead atoms. The largest absolute Gasteiger partial charge is 0.487 e. The fraction of sp³-hybridized carbons (Fsp3) is 0.138. The monoisotopic (exact) mass is 577 g/mol. The quantitative estimate of drug-likeness (QED) is 0.192. The Kier molecular flexibility index (Phi) is 8.37. The fourth-order valence-corrected chi connectivity index (χ4v) is 4.68. The van der Waals surface area contributed by atoms with Gasteiger partial charge in [0.15, 0.2) is 0 Å². The van der Waals surface area contributed by atoms with Crippen molar-refractivity contribution in [1.29, 1.82) is 0 Å². The molecule has 40 heavy (non-hydrogen) atoms. The minimum atomic E-state index is -0.973. The van der Waals surface area contributed by atoms with Gasteiger partial charge in [-0.15, -0.1) is 0 Å². The normalized spacial score (nSPS) is 11.8. The highest BCUT2D eigenvalue weighted by Gasteiger charge is 2.12. The molecule has 0 aliphatic rings. The van der Waals surface area contributed by atoms with Crippen LogP contribution in [0.5, 0.6) is 5.75 Å². The van der Waals surface area contributed by atoms with Crippen LogP contribution < -0.4 is 15.4 Å². The smallest absolute Gasteiger partial charge is 0.267 e. The van der Waals surface area contributed by atoms with E-state index >= 15 is 0 Å². The maximum Gasteiger partial charge on any atom is 0.267 e. The van der Waals surface area contributed by atoms with Gasteiger partial charge >= 0.3 is 0 Å². The van der Waals surface area contributed by atoms with Crippen LogP contribution in [0.25, 0.3) is 22.0 Å². The lowest BCUT2D eigenvalue weighted by Crippen LogP contribution is -2.27. The molecule has 1 atom stereocenters. The molecule has 0 fully saturated rings. The lowest BCUT2D eigenvalue weighted by atomic mass is 10.1. The van der Waals surface area contributed by atoms with Crippen molar-refractivity contribution >= 4 is 50.7 Å². The number of nitrogens with one attached hydrogen (secondary N) is 3. The molecule has 11 heteroatoms. The van der Waals surface area contributed by atoms with Gasteiger partial charge in [0.05, 0.1) is 10.5 Å². The van der Waals surface area contributed by atoms with E-state index in [1.165, 1.54) is 18.5 Å². The van der Waals surface area contributed by atoms with Crippen molar-refractivity contribution in [2.45, 2.75) is 6.61 Å². The Balaban J connectivity index is 1.32. The number of anilines is 2. The van der Waals surface area contributed by atoms with Gasteiger partial charge in [0, 0.05) is 46.6 Å². The lowest BCUT2D eigenvalue weighted by Gasteiger charge is -2.12. The van der Waals surface area contributed by atoms with E-state index in [1.807, 2.05) is 24.3 Å². The van der Waals surface area contributed by atoms with E-state index in [2.05, 4.69) is 25.6 Å². The first kappa shape index (κ1) is 27.3. The summed E-state index contributed by atoms with van der Waals surface area (Å²) in [7, 11) is -0.973. The number of carbonyl (C=O) groups excluding carboxylic acids is 1. The van der Waals surface area contributed by atoms with Crippen molar-refractivity contribution in [3.8, 4) is 16.9 Å². The molecule has 0 aliphatic heterocycles. The highest BCUT2D eigenvalue weighted by Crippen LogP contribution is 2.32. The Morgan fingerprint density at radius 2 is 1.95 bits per heavy atom. The van der Waals surface area contributed by atoms with E-state index in [-0.39, 0.29) is 18.3 Å². The van der Waals surface area contributed by atoms with E-state index < -0.39 is 10.8 Å². The molecule has 0 saturated heterocycles. The molecule has 0 spiro atoms. The third-order valence-electron chi connectivity index (χ3n) is 6.05. The second-order valence-electron chi connectivity index (χ2n) is 8.98. The van der Waals surface area contributed by atoms with Crippen molar-refractivity contribution in [2.75, 3.05) is 23.9 Å². The average Bonchev–Trinajstić information content (AvgIpc) is 3.43. The predicted octanol–water partition coefficient (Wildman–Crippen LogP) is 5.85. The zero-order valence-corrected chi connectivity index (χ0v) is 23.0. The van der Waals surface area contributed by atoms with Gasteiger partial charge in [-0.05, 0) is 65.2 Å². The van der Waals surface area contributed by atoms with Gasteiger partial charge in [-0.2, -0.15) is 0 Å². The van der Waals surface area contributed by atoms with Crippen LogP contribution >= 0.6 is 11.6 Å². The van der Waals surface area contributed by atoms with Crippen LogP contribution in [0.4, 0.5) is 15.9 Å². The first-order chi connectivity index (χ1) is 19.4. The number of rotatable bonds is 10. The van der Waals surface area contributed by atoms with Crippen LogP contribution in [0.2, 0.25) is 5.02 Å². The van der Waals surface area contributed by atoms with Crippen LogP contribution in [0, 0.1) is 5.82 Å². The summed E-state index contributed by atoms with van der Waals surface area (Å²) in [6, 6.07) is 19.0. The minimum Gasteiger partial charge on any atom is -0.487 e. The zero-order valence-electron chi connectivity index (χ0n) is 21.4. The summed E-state index contributed by atoms with van der Waals surface area (Å²) in [5, 5.41) is 7.22. The second-order valence-corrected chi connectivity index (χ2v) is 10.9. The van der Waals surface area contributed by atoms with Gasteiger partial charge in [0.25, 0.3) is 5.91 Å². The van der Waals surface area contributed by atoms with Crippen LogP contribution in [0.3, 0.4) is 0 Å². The van der Waals surface area contributed by atoms with E-state index in [0.29, 0.717) is 45.8 Å². The highest BCUT2D eigenvalue weighted by molar-refractivity contribution is 7.84. The molecule has 1 amide bonds. The van der Waals surface area contributed by atoms with Gasteiger partial charge < -0.3 is 20.4 Å². The molecular weight excluding hydrogens is 553 g/mol. The molecule has 8 nitrogen and oxygen atoms in total. The Morgan fingerprint density at radius 1 is 1.07 bits per heavy atom. The number of hydrogen-bond donors (Lipinski definition) is 3. The number of ether oxygens (including phenoxy) is 1. The maximum atomic E-state index is 13.4. The number of aromatic amines is 1. The first-order valence-electron chi connectivity index (χ1n) is 12.3. The molecule has 2 aromatic heterocycles. The van der Waals surface area contributed by atoms with Gasteiger partial charge in [0.1, 0.15) is 36.0 Å². The summed E-state index contributed by atoms with van der Waals surface area (Å²) >= 11 is 6.47. The van der Waals surface area contributed by atoms with Gasteiger partial charge in [-0.1, -0.05) is 29.8 Å². The van der Waals surface area contributed by atoms with E-state index in [9.17, 15) is 13.4 Å². The number of H-pyrrole nitrogens is 1. The lowest BCUT2D eigenvalue weighted by molar-refractivity contribution is 0.0952. The number of aromatic nitrogens is 3. The molecule has 204 valence electrons. The molecule has 0 aliphatic carbocycles. The summed E-state index contributed by atoms with van der Waals surface area (Å²) in [5.74, 6) is 0.870. The molecule has 0 radical (unpaired) electrons. The van der Waals surface area contributed by atoms with Gasteiger partial charge in [-0.3, -0.25) is 9.00 Å². The molecule has 2 heterocycles. The van der Waals surface area contributed by atoms with Gasteiger partial charge in [0.2, 0.25) is 0 Å². The molecule has 1 unspecified atom stereocenters. The van der Waals surface area contributed by atoms with Crippen LogP contribution in [-0.2, 0) is 17.4 Å². The molecule has 0 saturated carbocycles. The van der Waals surface area contributed by atoms with E-state index in [0.717, 1.165) is 22.0 Å². The molecule has 3 aromatic carbocycles. The molecule has 3 N–H and O–H groups in total. The number of benzene rings is 3. The van der Waals surface area contributed by atoms with Crippen molar-refractivity contribution in [2.24, 2.45) is 0 Å². The summed E-state index contributed by atoms with van der Waals surface area (Å²) in [5.41, 5.74) is 4.24. The molecular formula is C29H25ClFN5O3S. The van der Waals surface area contributed by atoms with Crippen molar-refractivity contribution in [1.82, 2.24) is 20.3 Å². The van der Waals surface area contributed by atoms with Crippen LogP contribution in [0.1, 0.15) is 16.1 Å². The Hall–Kier alpha value is -4.28. The standard InChI is InChI=1S/C29H25ClFN5O3S/c1-40(38)10-9-32-29(37)26-13-20(15-33-26)19-5-7-25-23(12-19)28(35-17-34-25)36-22-6-8-27(24(30)14-22)39-16-18-3-2-4-21(31)11-18/h2-8,11-15,17,33H,9-10,16H2,1H3,(H,32,37)(H,34,35,36). The maximum absolute atomic E-state index is 13.4. The minimum absolute atomic E-state index is 0.186. The molecule has 5 rings (SSSR count). The van der Waals surface area contributed by atoms with Crippen molar-refractivity contribution < 1.29 is 18.1 Å². The number of amides is 1. The fourth-order valence-electron chi connectivity index (χ4n) is 4.05. The van der Waals surface area contributed by atoms with Crippen LogP contribution in [0.15, 0.2) is 79.3 Å². The number of carbonyl (C=O) groups is 1. The summed E-state index contributed by atoms with van der Waals surface area (Å²) in [6.45, 7) is 0.522. The third kappa shape index (κ3) is 6.64. The number of hydrogen-bond acceptors (Lipinski definition) is 6. The topological polar surface area (TPSA) is 109 Å². The average molecular weight is 578 g/mol. The van der Waals surface area contributed by atoms with E-state index in [1.54, 1.807) is 42.8 Å². The summed E-state index contributed by atoms with van der Waals surface area (Å²) in [4.78, 5) is 24.2.